The summed E-state index contributed by atoms with van der Waals surface area (Å²) in [5, 5.41) is 2.75. The molecule has 130 valence electrons. The number of nitrogens with one attached hydrogen (secondary N) is 1. The Kier molecular flexibility index (Phi) is 6.28. The minimum Gasteiger partial charge on any atom is -0.465 e. The van der Waals surface area contributed by atoms with Crippen molar-refractivity contribution in [2.45, 2.75) is 13.0 Å². The molecule has 2 rings (SSSR count). The van der Waals surface area contributed by atoms with E-state index in [1.807, 2.05) is 37.3 Å². The molecule has 1 N–H and O–H groups in total. The van der Waals surface area contributed by atoms with Gasteiger partial charge in [-0.3, -0.25) is 4.79 Å². The second kappa shape index (κ2) is 8.63. The predicted molar refractivity (Wildman–Crippen MR) is 91.1 cm³/mol. The Bertz CT molecular complexity index is 757. The van der Waals surface area contributed by atoms with E-state index in [0.29, 0.717) is 0 Å². The topological polar surface area (TPSA) is 81.7 Å². The Balaban J connectivity index is 1.89. The monoisotopic (exact) mass is 341 g/mol. The zero-order valence-electron chi connectivity index (χ0n) is 14.0. The van der Waals surface area contributed by atoms with Gasteiger partial charge in [0.1, 0.15) is 0 Å². The molecule has 0 saturated heterocycles. The summed E-state index contributed by atoms with van der Waals surface area (Å²) in [6.45, 7) is 1.44. The molecule has 0 aliphatic heterocycles. The van der Waals surface area contributed by atoms with Crippen LogP contribution in [-0.4, -0.2) is 31.6 Å². The van der Waals surface area contributed by atoms with E-state index >= 15 is 0 Å². The summed E-state index contributed by atoms with van der Waals surface area (Å²) in [7, 11) is 1.26. The number of hydrogen-bond acceptors (Lipinski definition) is 5. The van der Waals surface area contributed by atoms with Crippen LogP contribution in [0.15, 0.2) is 54.6 Å². The summed E-state index contributed by atoms with van der Waals surface area (Å²) >= 11 is 0. The zero-order chi connectivity index (χ0) is 18.2. The molecule has 2 aromatic carbocycles. The maximum absolute atomic E-state index is 12.0. The van der Waals surface area contributed by atoms with Crippen molar-refractivity contribution in [1.82, 2.24) is 5.32 Å². The molecule has 1 unspecified atom stereocenters. The molecule has 1 amide bonds. The smallest absolute Gasteiger partial charge is 0.338 e. The van der Waals surface area contributed by atoms with Crippen LogP contribution in [-0.2, 0) is 14.3 Å². The number of hydrogen-bond donors (Lipinski definition) is 1. The molecule has 2 aromatic rings. The molecule has 0 saturated carbocycles. The molecule has 6 heteroatoms. The first-order valence-corrected chi connectivity index (χ1v) is 7.71. The van der Waals surface area contributed by atoms with Gasteiger partial charge >= 0.3 is 11.9 Å². The number of benzene rings is 2. The van der Waals surface area contributed by atoms with Crippen molar-refractivity contribution in [3.63, 3.8) is 0 Å². The van der Waals surface area contributed by atoms with E-state index in [4.69, 9.17) is 4.74 Å². The SMILES string of the molecule is COC(=O)c1cccc(C(=O)OCC(=O)NC(C)c2ccccc2)c1. The van der Waals surface area contributed by atoms with Crippen LogP contribution in [0.5, 0.6) is 0 Å². The second-order valence-corrected chi connectivity index (χ2v) is 5.35. The van der Waals surface area contributed by atoms with Crippen LogP contribution in [0, 0.1) is 0 Å². The van der Waals surface area contributed by atoms with Crippen molar-refractivity contribution in [1.29, 1.82) is 0 Å². The number of rotatable bonds is 6. The lowest BCUT2D eigenvalue weighted by molar-refractivity contribution is -0.124. The Morgan fingerprint density at radius 1 is 0.960 bits per heavy atom. The largest absolute Gasteiger partial charge is 0.465 e. The highest BCUT2D eigenvalue weighted by molar-refractivity contribution is 5.96. The molecule has 0 radical (unpaired) electrons. The Morgan fingerprint density at radius 3 is 2.24 bits per heavy atom. The van der Waals surface area contributed by atoms with Crippen LogP contribution in [0.3, 0.4) is 0 Å². The highest BCUT2D eigenvalue weighted by Crippen LogP contribution is 2.11. The predicted octanol–water partition coefficient (Wildman–Crippen LogP) is 2.51. The van der Waals surface area contributed by atoms with Gasteiger partial charge in [-0.2, -0.15) is 0 Å². The van der Waals surface area contributed by atoms with E-state index in [1.54, 1.807) is 6.07 Å². The molecule has 0 aliphatic carbocycles. The summed E-state index contributed by atoms with van der Waals surface area (Å²) in [4.78, 5) is 35.4. The van der Waals surface area contributed by atoms with Gasteiger partial charge in [-0.15, -0.1) is 0 Å². The highest BCUT2D eigenvalue weighted by atomic mass is 16.5. The van der Waals surface area contributed by atoms with Crippen molar-refractivity contribution in [3.8, 4) is 0 Å². The second-order valence-electron chi connectivity index (χ2n) is 5.35. The van der Waals surface area contributed by atoms with Crippen LogP contribution in [0.1, 0.15) is 39.2 Å². The number of carbonyl (C=O) groups is 3. The first-order valence-electron chi connectivity index (χ1n) is 7.71. The van der Waals surface area contributed by atoms with Crippen molar-refractivity contribution < 1.29 is 23.9 Å². The number of methoxy groups -OCH3 is 1. The Labute approximate surface area is 145 Å². The zero-order valence-corrected chi connectivity index (χ0v) is 14.0. The summed E-state index contributed by atoms with van der Waals surface area (Å²) in [6, 6.07) is 15.2. The fourth-order valence-corrected chi connectivity index (χ4v) is 2.21. The fraction of sp³-hybridized carbons (Fsp3) is 0.211. The van der Waals surface area contributed by atoms with E-state index in [1.165, 1.54) is 25.3 Å². The third-order valence-electron chi connectivity index (χ3n) is 3.53. The Hall–Kier alpha value is -3.15. The third kappa shape index (κ3) is 5.17. The Morgan fingerprint density at radius 2 is 1.60 bits per heavy atom. The van der Waals surface area contributed by atoms with Gasteiger partial charge < -0.3 is 14.8 Å². The standard InChI is InChI=1S/C19H19NO5/c1-13(14-7-4-3-5-8-14)20-17(21)12-25-19(23)16-10-6-9-15(11-16)18(22)24-2/h3-11,13H,12H2,1-2H3,(H,20,21). The van der Waals surface area contributed by atoms with Crippen LogP contribution in [0.25, 0.3) is 0 Å². The van der Waals surface area contributed by atoms with E-state index in [2.05, 4.69) is 10.1 Å². The molecule has 0 aliphatic rings. The maximum atomic E-state index is 12.0. The maximum Gasteiger partial charge on any atom is 0.338 e. The summed E-state index contributed by atoms with van der Waals surface area (Å²) in [6.07, 6.45) is 0. The molecule has 25 heavy (non-hydrogen) atoms. The van der Waals surface area contributed by atoms with Gasteiger partial charge in [-0.05, 0) is 30.7 Å². The molecular weight excluding hydrogens is 322 g/mol. The molecule has 0 fully saturated rings. The average molecular weight is 341 g/mol. The lowest BCUT2D eigenvalue weighted by Crippen LogP contribution is -2.31. The van der Waals surface area contributed by atoms with Crippen LogP contribution in [0.4, 0.5) is 0 Å². The van der Waals surface area contributed by atoms with Gasteiger partial charge in [0, 0.05) is 0 Å². The van der Waals surface area contributed by atoms with Gasteiger partial charge in [0.2, 0.25) is 0 Å². The van der Waals surface area contributed by atoms with Crippen LogP contribution in [0.2, 0.25) is 0 Å². The van der Waals surface area contributed by atoms with Crippen molar-refractivity contribution in [2.75, 3.05) is 13.7 Å². The lowest BCUT2D eigenvalue weighted by Gasteiger charge is -2.14. The van der Waals surface area contributed by atoms with Crippen molar-refractivity contribution >= 4 is 17.8 Å². The first kappa shape index (κ1) is 18.2. The number of carbonyl (C=O) groups excluding carboxylic acids is 3. The quantitative estimate of drug-likeness (QED) is 0.817. The summed E-state index contributed by atoms with van der Waals surface area (Å²) < 4.78 is 9.59. The van der Waals surface area contributed by atoms with Crippen LogP contribution >= 0.6 is 0 Å². The molecule has 6 nitrogen and oxygen atoms in total. The van der Waals surface area contributed by atoms with Crippen LogP contribution < -0.4 is 5.32 Å². The van der Waals surface area contributed by atoms with E-state index in [0.717, 1.165) is 5.56 Å². The van der Waals surface area contributed by atoms with Gasteiger partial charge in [-0.1, -0.05) is 36.4 Å². The molecule has 0 bridgehead atoms. The van der Waals surface area contributed by atoms with Gasteiger partial charge in [0.15, 0.2) is 6.61 Å². The summed E-state index contributed by atoms with van der Waals surface area (Å²) in [5.41, 5.74) is 1.36. The lowest BCUT2D eigenvalue weighted by atomic mass is 10.1. The molecular formula is C19H19NO5. The molecule has 0 aromatic heterocycles. The van der Waals surface area contributed by atoms with Crippen molar-refractivity contribution in [2.24, 2.45) is 0 Å². The molecule has 1 atom stereocenters. The van der Waals surface area contributed by atoms with E-state index in [-0.39, 0.29) is 17.2 Å². The van der Waals surface area contributed by atoms with E-state index < -0.39 is 24.5 Å². The highest BCUT2D eigenvalue weighted by Gasteiger charge is 2.14. The van der Waals surface area contributed by atoms with Gasteiger partial charge in [-0.25, -0.2) is 9.59 Å². The molecule has 0 heterocycles. The van der Waals surface area contributed by atoms with Gasteiger partial charge in [0.25, 0.3) is 5.91 Å². The summed E-state index contributed by atoms with van der Waals surface area (Å²) in [5.74, 6) is -1.65. The number of esters is 2. The number of ether oxygens (including phenoxy) is 2. The molecule has 0 spiro atoms. The third-order valence-corrected chi connectivity index (χ3v) is 3.53. The first-order chi connectivity index (χ1) is 12.0. The fourth-order valence-electron chi connectivity index (χ4n) is 2.21. The number of amides is 1. The van der Waals surface area contributed by atoms with E-state index in [9.17, 15) is 14.4 Å². The minimum absolute atomic E-state index is 0.173. The normalized spacial score (nSPS) is 11.3. The minimum atomic E-state index is -0.687. The van der Waals surface area contributed by atoms with Gasteiger partial charge in [0.05, 0.1) is 24.3 Å². The average Bonchev–Trinajstić information content (AvgIpc) is 2.66. The van der Waals surface area contributed by atoms with Crippen molar-refractivity contribution in [3.05, 3.63) is 71.3 Å².